The third kappa shape index (κ3) is 2.18. The van der Waals surface area contributed by atoms with E-state index < -0.39 is 23.0 Å². The van der Waals surface area contributed by atoms with Crippen LogP contribution in [-0.2, 0) is 0 Å². The molecule has 0 saturated heterocycles. The zero-order valence-corrected chi connectivity index (χ0v) is 9.60. The summed E-state index contributed by atoms with van der Waals surface area (Å²) in [7, 11) is 0. The van der Waals surface area contributed by atoms with E-state index in [1.165, 1.54) is 6.07 Å². The van der Waals surface area contributed by atoms with Crippen molar-refractivity contribution in [1.82, 2.24) is 0 Å². The van der Waals surface area contributed by atoms with Crippen molar-refractivity contribution in [1.29, 1.82) is 5.26 Å². The van der Waals surface area contributed by atoms with Gasteiger partial charge in [0, 0.05) is 10.6 Å². The van der Waals surface area contributed by atoms with Crippen LogP contribution < -0.4 is 0 Å². The van der Waals surface area contributed by atoms with Crippen LogP contribution in [0.25, 0.3) is 11.1 Å². The molecule has 0 bridgehead atoms. The quantitative estimate of drug-likeness (QED) is 0.756. The third-order valence-electron chi connectivity index (χ3n) is 2.37. The summed E-state index contributed by atoms with van der Waals surface area (Å²) in [6.07, 6.45) is 0. The Bertz CT molecular complexity index is 639. The Morgan fingerprint density at radius 2 is 1.56 bits per heavy atom. The first-order valence-corrected chi connectivity index (χ1v) is 5.25. The van der Waals surface area contributed by atoms with Gasteiger partial charge in [-0.1, -0.05) is 11.6 Å². The van der Waals surface area contributed by atoms with Gasteiger partial charge in [0.2, 0.25) is 0 Å². The van der Waals surface area contributed by atoms with E-state index in [1.807, 2.05) is 0 Å². The van der Waals surface area contributed by atoms with Crippen LogP contribution in [0.5, 0.6) is 0 Å². The standard InChI is InChI=1S/C13H5ClF3N/c14-8-1-2-10(15)9(5-8)13-11(16)3-7(6-18)4-12(13)17/h1-5H. The van der Waals surface area contributed by atoms with Crippen molar-refractivity contribution in [3.8, 4) is 17.2 Å². The number of nitriles is 1. The molecule has 0 fully saturated rings. The van der Waals surface area contributed by atoms with Crippen molar-refractivity contribution in [2.24, 2.45) is 0 Å². The average molecular weight is 268 g/mol. The minimum Gasteiger partial charge on any atom is -0.206 e. The first-order valence-electron chi connectivity index (χ1n) is 4.87. The highest BCUT2D eigenvalue weighted by atomic mass is 35.5. The first-order chi connectivity index (χ1) is 8.52. The predicted octanol–water partition coefficient (Wildman–Crippen LogP) is 4.30. The zero-order valence-electron chi connectivity index (χ0n) is 8.85. The molecule has 0 atom stereocenters. The summed E-state index contributed by atoms with van der Waals surface area (Å²) in [5, 5.41) is 8.73. The van der Waals surface area contributed by atoms with Gasteiger partial charge in [0.05, 0.1) is 17.2 Å². The highest BCUT2D eigenvalue weighted by Crippen LogP contribution is 2.31. The second-order valence-electron chi connectivity index (χ2n) is 3.55. The zero-order chi connectivity index (χ0) is 13.3. The third-order valence-corrected chi connectivity index (χ3v) is 2.60. The molecule has 0 unspecified atom stereocenters. The Labute approximate surface area is 106 Å². The van der Waals surface area contributed by atoms with Crippen LogP contribution in [-0.4, -0.2) is 0 Å². The Morgan fingerprint density at radius 1 is 0.944 bits per heavy atom. The maximum absolute atomic E-state index is 13.7. The summed E-state index contributed by atoms with van der Waals surface area (Å²) in [6, 6.07) is 6.74. The number of rotatable bonds is 1. The average Bonchev–Trinajstić information content (AvgIpc) is 2.32. The van der Waals surface area contributed by atoms with E-state index in [0.717, 1.165) is 24.3 Å². The molecular weight excluding hydrogens is 263 g/mol. The van der Waals surface area contributed by atoms with Gasteiger partial charge < -0.3 is 0 Å². The molecule has 1 nitrogen and oxygen atoms in total. The van der Waals surface area contributed by atoms with Gasteiger partial charge in [-0.2, -0.15) is 5.26 Å². The Morgan fingerprint density at radius 3 is 2.11 bits per heavy atom. The van der Waals surface area contributed by atoms with E-state index in [9.17, 15) is 13.2 Å². The number of hydrogen-bond acceptors (Lipinski definition) is 1. The lowest BCUT2D eigenvalue weighted by molar-refractivity contribution is 0.581. The fourth-order valence-corrected chi connectivity index (χ4v) is 1.76. The molecule has 18 heavy (non-hydrogen) atoms. The predicted molar refractivity (Wildman–Crippen MR) is 61.5 cm³/mol. The van der Waals surface area contributed by atoms with Crippen LogP contribution in [0.1, 0.15) is 5.56 Å². The summed E-state index contributed by atoms with van der Waals surface area (Å²) in [5.74, 6) is -2.80. The van der Waals surface area contributed by atoms with Gasteiger partial charge in [-0.3, -0.25) is 0 Å². The fraction of sp³-hybridized carbons (Fsp3) is 0. The molecule has 5 heteroatoms. The molecular formula is C13H5ClF3N. The molecule has 0 aliphatic carbocycles. The van der Waals surface area contributed by atoms with Crippen molar-refractivity contribution >= 4 is 11.6 Å². The lowest BCUT2D eigenvalue weighted by Gasteiger charge is -2.07. The van der Waals surface area contributed by atoms with Crippen LogP contribution in [0.15, 0.2) is 30.3 Å². The summed E-state index contributed by atoms with van der Waals surface area (Å²) >= 11 is 5.67. The summed E-state index contributed by atoms with van der Waals surface area (Å²) < 4.78 is 40.9. The first kappa shape index (κ1) is 12.5. The van der Waals surface area contributed by atoms with Crippen LogP contribution in [0, 0.1) is 28.8 Å². The van der Waals surface area contributed by atoms with Gasteiger partial charge in [0.1, 0.15) is 17.5 Å². The van der Waals surface area contributed by atoms with E-state index in [1.54, 1.807) is 6.07 Å². The largest absolute Gasteiger partial charge is 0.206 e. The topological polar surface area (TPSA) is 23.8 Å². The Hall–Kier alpha value is -1.99. The van der Waals surface area contributed by atoms with Gasteiger partial charge in [-0.25, -0.2) is 13.2 Å². The molecule has 0 N–H and O–H groups in total. The number of benzene rings is 2. The highest BCUT2D eigenvalue weighted by Gasteiger charge is 2.17. The summed E-state index contributed by atoms with van der Waals surface area (Å²) in [4.78, 5) is 0. The number of hydrogen-bond donors (Lipinski definition) is 0. The normalized spacial score (nSPS) is 10.2. The van der Waals surface area contributed by atoms with Crippen LogP contribution in [0.2, 0.25) is 5.02 Å². The van der Waals surface area contributed by atoms with E-state index in [-0.39, 0.29) is 16.1 Å². The molecule has 0 aliphatic rings. The lowest BCUT2D eigenvalue weighted by atomic mass is 10.0. The van der Waals surface area contributed by atoms with Gasteiger partial charge in [-0.15, -0.1) is 0 Å². The van der Waals surface area contributed by atoms with Crippen molar-refractivity contribution in [3.63, 3.8) is 0 Å². The molecule has 0 saturated carbocycles. The van der Waals surface area contributed by atoms with Crippen LogP contribution in [0.3, 0.4) is 0 Å². The monoisotopic (exact) mass is 267 g/mol. The van der Waals surface area contributed by atoms with Crippen molar-refractivity contribution in [3.05, 3.63) is 58.4 Å². The van der Waals surface area contributed by atoms with Gasteiger partial charge >= 0.3 is 0 Å². The van der Waals surface area contributed by atoms with Gasteiger partial charge in [0.25, 0.3) is 0 Å². The van der Waals surface area contributed by atoms with Gasteiger partial charge in [-0.05, 0) is 30.3 Å². The van der Waals surface area contributed by atoms with E-state index in [0.29, 0.717) is 0 Å². The molecule has 0 radical (unpaired) electrons. The molecule has 0 aromatic heterocycles. The number of nitrogens with zero attached hydrogens (tertiary/aromatic N) is 1. The van der Waals surface area contributed by atoms with Crippen molar-refractivity contribution in [2.75, 3.05) is 0 Å². The minimum atomic E-state index is -1.01. The van der Waals surface area contributed by atoms with E-state index >= 15 is 0 Å². The SMILES string of the molecule is N#Cc1cc(F)c(-c2cc(Cl)ccc2F)c(F)c1. The van der Waals surface area contributed by atoms with Crippen molar-refractivity contribution < 1.29 is 13.2 Å². The van der Waals surface area contributed by atoms with E-state index in [4.69, 9.17) is 16.9 Å². The smallest absolute Gasteiger partial charge is 0.135 e. The maximum Gasteiger partial charge on any atom is 0.135 e. The molecule has 0 amide bonds. The number of halogens is 4. The second kappa shape index (κ2) is 4.71. The van der Waals surface area contributed by atoms with Crippen LogP contribution in [0.4, 0.5) is 13.2 Å². The minimum absolute atomic E-state index is 0.162. The van der Waals surface area contributed by atoms with E-state index in [2.05, 4.69) is 0 Å². The molecule has 90 valence electrons. The second-order valence-corrected chi connectivity index (χ2v) is 3.99. The Kier molecular flexibility index (Phi) is 3.26. The lowest BCUT2D eigenvalue weighted by Crippen LogP contribution is -1.95. The summed E-state index contributed by atoms with van der Waals surface area (Å²) in [5.41, 5.74) is -0.979. The highest BCUT2D eigenvalue weighted by molar-refractivity contribution is 6.30. The molecule has 0 heterocycles. The molecule has 2 aromatic rings. The Balaban J connectivity index is 2.72. The maximum atomic E-state index is 13.7. The van der Waals surface area contributed by atoms with Crippen molar-refractivity contribution in [2.45, 2.75) is 0 Å². The van der Waals surface area contributed by atoms with Gasteiger partial charge in [0.15, 0.2) is 0 Å². The molecule has 0 aliphatic heterocycles. The molecule has 2 aromatic carbocycles. The molecule has 0 spiro atoms. The molecule has 2 rings (SSSR count). The summed E-state index contributed by atoms with van der Waals surface area (Å²) in [6.45, 7) is 0. The fourth-order valence-electron chi connectivity index (χ4n) is 1.58. The van der Waals surface area contributed by atoms with Crippen LogP contribution >= 0.6 is 11.6 Å².